The summed E-state index contributed by atoms with van der Waals surface area (Å²) < 4.78 is 10.4. The Morgan fingerprint density at radius 3 is 2.74 bits per heavy atom. The minimum absolute atomic E-state index is 0.159. The second kappa shape index (κ2) is 7.18. The molecule has 102 valence electrons. The summed E-state index contributed by atoms with van der Waals surface area (Å²) in [6.45, 7) is -0.194. The van der Waals surface area contributed by atoms with Crippen LogP contribution in [0, 0.1) is 21.4 Å². The standard InChI is InChI=1S/C12H14N2O5/c1-18-11-6-9(8-15)10(14(16)17)7-12(11)19-5-3-2-4-13/h6-7,15H,2-3,5,8H2,1H3. The van der Waals surface area contributed by atoms with Crippen LogP contribution in [0.25, 0.3) is 0 Å². The molecule has 0 aliphatic carbocycles. The van der Waals surface area contributed by atoms with Gasteiger partial charge in [0.15, 0.2) is 11.5 Å². The Morgan fingerprint density at radius 2 is 2.21 bits per heavy atom. The number of nitro groups is 1. The summed E-state index contributed by atoms with van der Waals surface area (Å²) in [5.41, 5.74) is -0.0650. The largest absolute Gasteiger partial charge is 0.493 e. The van der Waals surface area contributed by atoms with Crippen molar-refractivity contribution in [1.82, 2.24) is 0 Å². The molecule has 0 unspecified atom stereocenters. The number of aliphatic hydroxyl groups excluding tert-OH is 1. The molecule has 1 rings (SSSR count). The van der Waals surface area contributed by atoms with Crippen LogP contribution in [-0.4, -0.2) is 23.7 Å². The van der Waals surface area contributed by atoms with Gasteiger partial charge in [0.25, 0.3) is 5.69 Å². The number of nitrogens with zero attached hydrogens (tertiary/aromatic N) is 2. The smallest absolute Gasteiger partial charge is 0.278 e. The van der Waals surface area contributed by atoms with Gasteiger partial charge in [-0.25, -0.2) is 0 Å². The van der Waals surface area contributed by atoms with E-state index in [4.69, 9.17) is 19.8 Å². The van der Waals surface area contributed by atoms with E-state index in [2.05, 4.69) is 0 Å². The Kier molecular flexibility index (Phi) is 5.57. The van der Waals surface area contributed by atoms with Gasteiger partial charge in [-0.3, -0.25) is 10.1 Å². The maximum atomic E-state index is 10.9. The summed E-state index contributed by atoms with van der Waals surface area (Å²) in [5, 5.41) is 28.4. The molecule has 1 aromatic rings. The Hall–Kier alpha value is -2.33. The first-order chi connectivity index (χ1) is 9.13. The van der Waals surface area contributed by atoms with Crippen molar-refractivity contribution in [3.8, 4) is 17.6 Å². The Bertz CT molecular complexity index is 496. The molecule has 0 atom stereocenters. The van der Waals surface area contributed by atoms with Crippen molar-refractivity contribution < 1.29 is 19.5 Å². The van der Waals surface area contributed by atoms with Crippen LogP contribution in [0.1, 0.15) is 18.4 Å². The third kappa shape index (κ3) is 3.82. The minimum Gasteiger partial charge on any atom is -0.493 e. The van der Waals surface area contributed by atoms with E-state index in [0.717, 1.165) is 0 Å². The van der Waals surface area contributed by atoms with Gasteiger partial charge in [0.05, 0.1) is 42.9 Å². The van der Waals surface area contributed by atoms with Crippen molar-refractivity contribution in [1.29, 1.82) is 5.26 Å². The summed E-state index contributed by atoms with van der Waals surface area (Å²) in [4.78, 5) is 10.3. The van der Waals surface area contributed by atoms with Crippen molar-refractivity contribution in [3.05, 3.63) is 27.8 Å². The number of unbranched alkanes of at least 4 members (excludes halogenated alkanes) is 1. The van der Waals surface area contributed by atoms with Gasteiger partial charge in [-0.15, -0.1) is 0 Å². The Labute approximate surface area is 110 Å². The number of ether oxygens (including phenoxy) is 2. The molecule has 7 heteroatoms. The monoisotopic (exact) mass is 266 g/mol. The van der Waals surface area contributed by atoms with Crippen molar-refractivity contribution in [3.63, 3.8) is 0 Å². The Balaban J connectivity index is 2.98. The Morgan fingerprint density at radius 1 is 1.47 bits per heavy atom. The average molecular weight is 266 g/mol. The molecule has 0 heterocycles. The van der Waals surface area contributed by atoms with Crippen molar-refractivity contribution >= 4 is 5.69 Å². The van der Waals surface area contributed by atoms with Gasteiger partial charge in [-0.1, -0.05) is 0 Å². The first-order valence-corrected chi connectivity index (χ1v) is 5.60. The number of aliphatic hydroxyl groups is 1. The fraction of sp³-hybridized carbons (Fsp3) is 0.417. The molecule has 0 saturated carbocycles. The number of nitriles is 1. The minimum atomic E-state index is -0.590. The van der Waals surface area contributed by atoms with E-state index in [-0.39, 0.29) is 23.6 Å². The average Bonchev–Trinajstić information content (AvgIpc) is 2.42. The second-order valence-electron chi connectivity index (χ2n) is 3.66. The SMILES string of the molecule is COc1cc(CO)c([N+](=O)[O-])cc1OCCCC#N. The predicted octanol–water partition coefficient (Wildman–Crippen LogP) is 1.78. The highest BCUT2D eigenvalue weighted by atomic mass is 16.6. The zero-order valence-electron chi connectivity index (χ0n) is 10.5. The maximum absolute atomic E-state index is 10.9. The molecular weight excluding hydrogens is 252 g/mol. The molecule has 0 bridgehead atoms. The van der Waals surface area contributed by atoms with E-state index in [0.29, 0.717) is 18.6 Å². The van der Waals surface area contributed by atoms with Crippen LogP contribution < -0.4 is 9.47 Å². The number of methoxy groups -OCH3 is 1. The summed E-state index contributed by atoms with van der Waals surface area (Å²) >= 11 is 0. The lowest BCUT2D eigenvalue weighted by Gasteiger charge is -2.11. The summed E-state index contributed by atoms with van der Waals surface area (Å²) in [7, 11) is 1.41. The van der Waals surface area contributed by atoms with E-state index in [1.54, 1.807) is 0 Å². The number of rotatable bonds is 7. The highest BCUT2D eigenvalue weighted by molar-refractivity contribution is 5.54. The predicted molar refractivity (Wildman–Crippen MR) is 65.9 cm³/mol. The molecule has 0 saturated heterocycles. The highest BCUT2D eigenvalue weighted by Gasteiger charge is 2.19. The number of nitro benzene ring substituents is 1. The van der Waals surface area contributed by atoms with E-state index >= 15 is 0 Å². The van der Waals surface area contributed by atoms with Crippen LogP contribution >= 0.6 is 0 Å². The van der Waals surface area contributed by atoms with Gasteiger partial charge < -0.3 is 14.6 Å². The van der Waals surface area contributed by atoms with Gasteiger partial charge >= 0.3 is 0 Å². The van der Waals surface area contributed by atoms with Crippen LogP contribution in [0.5, 0.6) is 11.5 Å². The van der Waals surface area contributed by atoms with Gasteiger partial charge in [0.2, 0.25) is 0 Å². The van der Waals surface area contributed by atoms with Crippen molar-refractivity contribution in [2.75, 3.05) is 13.7 Å². The van der Waals surface area contributed by atoms with Crippen molar-refractivity contribution in [2.24, 2.45) is 0 Å². The summed E-state index contributed by atoms with van der Waals surface area (Å²) in [5.74, 6) is 0.538. The molecule has 0 aliphatic heterocycles. The lowest BCUT2D eigenvalue weighted by molar-refractivity contribution is -0.385. The molecule has 0 amide bonds. The van der Waals surface area contributed by atoms with E-state index in [1.165, 1.54) is 19.2 Å². The quantitative estimate of drug-likeness (QED) is 0.458. The lowest BCUT2D eigenvalue weighted by Crippen LogP contribution is -2.02. The fourth-order valence-electron chi connectivity index (χ4n) is 1.49. The van der Waals surface area contributed by atoms with Gasteiger partial charge in [0, 0.05) is 6.42 Å². The second-order valence-corrected chi connectivity index (χ2v) is 3.66. The molecule has 19 heavy (non-hydrogen) atoms. The number of hydrogen-bond acceptors (Lipinski definition) is 6. The van der Waals surface area contributed by atoms with Gasteiger partial charge in [0.1, 0.15) is 0 Å². The first kappa shape index (κ1) is 14.7. The molecule has 1 N–H and O–H groups in total. The van der Waals surface area contributed by atoms with E-state index < -0.39 is 11.5 Å². The van der Waals surface area contributed by atoms with Crippen LogP contribution in [0.3, 0.4) is 0 Å². The number of benzene rings is 1. The third-order valence-electron chi connectivity index (χ3n) is 2.42. The maximum Gasteiger partial charge on any atom is 0.278 e. The number of hydrogen-bond donors (Lipinski definition) is 1. The third-order valence-corrected chi connectivity index (χ3v) is 2.42. The zero-order chi connectivity index (χ0) is 14.3. The molecule has 0 radical (unpaired) electrons. The topological polar surface area (TPSA) is 106 Å². The summed E-state index contributed by atoms with van der Waals surface area (Å²) in [6.07, 6.45) is 0.869. The van der Waals surface area contributed by atoms with Gasteiger partial charge in [-0.05, 0) is 12.5 Å². The normalized spacial score (nSPS) is 9.74. The van der Waals surface area contributed by atoms with Crippen LogP contribution in [0.15, 0.2) is 12.1 Å². The van der Waals surface area contributed by atoms with E-state index in [1.807, 2.05) is 6.07 Å². The van der Waals surface area contributed by atoms with E-state index in [9.17, 15) is 10.1 Å². The first-order valence-electron chi connectivity index (χ1n) is 5.60. The van der Waals surface area contributed by atoms with Crippen molar-refractivity contribution in [2.45, 2.75) is 19.4 Å². The molecule has 0 fully saturated rings. The van der Waals surface area contributed by atoms with Crippen LogP contribution in [-0.2, 0) is 6.61 Å². The highest BCUT2D eigenvalue weighted by Crippen LogP contribution is 2.34. The molecule has 0 spiro atoms. The van der Waals surface area contributed by atoms with Crippen LogP contribution in [0.4, 0.5) is 5.69 Å². The summed E-state index contributed by atoms with van der Waals surface area (Å²) in [6, 6.07) is 4.57. The lowest BCUT2D eigenvalue weighted by atomic mass is 10.1. The molecular formula is C12H14N2O5. The molecule has 0 aliphatic rings. The van der Waals surface area contributed by atoms with Gasteiger partial charge in [-0.2, -0.15) is 5.26 Å². The molecule has 1 aromatic carbocycles. The fourth-order valence-corrected chi connectivity index (χ4v) is 1.49. The zero-order valence-corrected chi connectivity index (χ0v) is 10.5. The van der Waals surface area contributed by atoms with Crippen LogP contribution in [0.2, 0.25) is 0 Å². The molecule has 7 nitrogen and oxygen atoms in total. The molecule has 0 aromatic heterocycles.